The summed E-state index contributed by atoms with van der Waals surface area (Å²) in [4.78, 5) is 57.5. The van der Waals surface area contributed by atoms with Crippen LogP contribution in [0.2, 0.25) is 0 Å². The van der Waals surface area contributed by atoms with E-state index < -0.39 is 61.2 Å². The minimum atomic E-state index is -1.74. The molecular weight excluding hydrogens is 901 g/mol. The summed E-state index contributed by atoms with van der Waals surface area (Å²) in [6.07, 6.45) is -8.10. The second kappa shape index (κ2) is 26.6. The van der Waals surface area contributed by atoms with Gasteiger partial charge in [0.15, 0.2) is 24.6 Å². The van der Waals surface area contributed by atoms with Gasteiger partial charge in [-0.1, -0.05) is 0 Å². The molecule has 69 heavy (non-hydrogen) atoms. The van der Waals surface area contributed by atoms with Crippen LogP contribution in [0.5, 0.6) is 46.0 Å². The van der Waals surface area contributed by atoms with Crippen LogP contribution in [0.15, 0.2) is 72.8 Å². The van der Waals surface area contributed by atoms with Gasteiger partial charge in [0, 0.05) is 31.4 Å². The van der Waals surface area contributed by atoms with Crippen molar-refractivity contribution in [1.29, 1.82) is 0 Å². The van der Waals surface area contributed by atoms with Gasteiger partial charge in [0.2, 0.25) is 0 Å². The summed E-state index contributed by atoms with van der Waals surface area (Å²) >= 11 is 0. The third kappa shape index (κ3) is 13.8. The molecule has 0 aromatic heterocycles. The van der Waals surface area contributed by atoms with Crippen molar-refractivity contribution in [2.75, 3.05) is 66.6 Å². The molecule has 1 aliphatic heterocycles. The molecule has 0 N–H and O–H groups in total. The number of methoxy groups -OCH3 is 1. The molecular formula is C51H62O18. The topological polar surface area (TPSA) is 197 Å². The Bertz CT molecular complexity index is 2330. The van der Waals surface area contributed by atoms with Gasteiger partial charge in [-0.25, -0.2) is 19.2 Å². The maximum Gasteiger partial charge on any atom is 0.342 e. The van der Waals surface area contributed by atoms with Crippen molar-refractivity contribution < 1.29 is 85.5 Å². The number of hydrogen-bond donors (Lipinski definition) is 0. The highest BCUT2D eigenvalue weighted by Crippen LogP contribution is 2.36. The molecule has 0 unspecified atom stereocenters. The van der Waals surface area contributed by atoms with Gasteiger partial charge in [-0.2, -0.15) is 0 Å². The Hall–Kier alpha value is -6.92. The second-order valence-corrected chi connectivity index (χ2v) is 14.6. The molecule has 1 saturated heterocycles. The third-order valence-electron chi connectivity index (χ3n) is 10.1. The lowest BCUT2D eigenvalue weighted by molar-refractivity contribution is -0.291. The van der Waals surface area contributed by atoms with Crippen LogP contribution in [-0.4, -0.2) is 121 Å². The van der Waals surface area contributed by atoms with Gasteiger partial charge >= 0.3 is 23.9 Å². The molecule has 18 nitrogen and oxygen atoms in total. The average molecular weight is 963 g/mol. The summed E-state index contributed by atoms with van der Waals surface area (Å²) in [6, 6.07) is 18.3. The first kappa shape index (κ1) is 53.0. The van der Waals surface area contributed by atoms with Crippen molar-refractivity contribution in [3.8, 4) is 46.0 Å². The largest absolute Gasteiger partial charge is 0.494 e. The number of ether oxygens (including phenoxy) is 14. The summed E-state index contributed by atoms with van der Waals surface area (Å²) in [5.41, 5.74) is -0.0580. The van der Waals surface area contributed by atoms with Gasteiger partial charge in [0.1, 0.15) is 81.0 Å². The maximum absolute atomic E-state index is 14.6. The molecule has 0 radical (unpaired) electrons. The summed E-state index contributed by atoms with van der Waals surface area (Å²) in [5.74, 6) is -1.45. The van der Waals surface area contributed by atoms with Crippen LogP contribution in [0.4, 0.5) is 0 Å². The predicted molar refractivity (Wildman–Crippen MR) is 249 cm³/mol. The fraction of sp³-hybridized carbons (Fsp3) is 0.451. The van der Waals surface area contributed by atoms with E-state index >= 15 is 0 Å². The highest BCUT2D eigenvalue weighted by atomic mass is 16.7. The van der Waals surface area contributed by atoms with Crippen LogP contribution < -0.4 is 37.9 Å². The molecule has 0 aliphatic carbocycles. The quantitative estimate of drug-likeness (QED) is 0.0432. The van der Waals surface area contributed by atoms with Gasteiger partial charge in [0.05, 0.1) is 52.9 Å². The van der Waals surface area contributed by atoms with Crippen LogP contribution in [0.1, 0.15) is 96.8 Å². The van der Waals surface area contributed by atoms with Gasteiger partial charge < -0.3 is 66.3 Å². The lowest BCUT2D eigenvalue weighted by atomic mass is 9.97. The molecule has 5 atom stereocenters. The molecule has 0 bridgehead atoms. The molecule has 18 heteroatoms. The van der Waals surface area contributed by atoms with Gasteiger partial charge in [0.25, 0.3) is 0 Å². The predicted octanol–water partition coefficient (Wildman–Crippen LogP) is 8.08. The fourth-order valence-electron chi connectivity index (χ4n) is 7.21. The monoisotopic (exact) mass is 962 g/mol. The number of rotatable bonds is 26. The standard InChI is InChI=1S/C51H62O18/c1-10-57-31-18-22-35(39(26-31)61-14-5)47(52)65-30-43-44(67-48(53)36-23-19-32(58-11-2)27-40(36)62-15-6)45(68-49(54)37-24-20-33(59-12-3)28-41(37)63-16-7)46(51(56-9)66-43)69-50(55)38-25-21-34(60-13-4)29-42(38)64-17-8/h18-29,43-46,51H,10-17,30H2,1-9H3/t43-,44-,45+,46-,51+/m1/s1. The van der Waals surface area contributed by atoms with E-state index in [-0.39, 0.29) is 71.7 Å². The molecule has 1 aliphatic rings. The highest BCUT2D eigenvalue weighted by Gasteiger charge is 2.54. The molecule has 4 aromatic carbocycles. The average Bonchev–Trinajstić information content (AvgIpc) is 3.33. The second-order valence-electron chi connectivity index (χ2n) is 14.6. The number of benzene rings is 4. The van der Waals surface area contributed by atoms with E-state index in [1.807, 2.05) is 27.7 Å². The molecule has 1 fully saturated rings. The SMILES string of the molecule is CCOc1ccc(C(=O)OC[C@H]2O[C@H](OC)[C@H](OC(=O)c3ccc(OCC)cc3OCC)[C@@H](OC(=O)c3ccc(OCC)cc3OCC)[C@@H]2OC(=O)c2ccc(OCC)cc2OCC)c(OCC)c1. The summed E-state index contributed by atoms with van der Waals surface area (Å²) in [5, 5.41) is 0. The molecule has 0 amide bonds. The van der Waals surface area contributed by atoms with E-state index in [1.54, 1.807) is 58.0 Å². The van der Waals surface area contributed by atoms with Crippen molar-refractivity contribution in [3.63, 3.8) is 0 Å². The van der Waals surface area contributed by atoms with Gasteiger partial charge in [-0.3, -0.25) is 0 Å². The van der Waals surface area contributed by atoms with Crippen molar-refractivity contribution in [2.45, 2.75) is 86.1 Å². The Morgan fingerprint density at radius 2 is 0.710 bits per heavy atom. The van der Waals surface area contributed by atoms with Crippen molar-refractivity contribution >= 4 is 23.9 Å². The first-order chi connectivity index (χ1) is 33.5. The number of esters is 4. The molecule has 1 heterocycles. The Labute approximate surface area is 402 Å². The van der Waals surface area contributed by atoms with Gasteiger partial charge in [-0.05, 0) is 104 Å². The number of carbonyl (C=O) groups is 4. The summed E-state index contributed by atoms with van der Waals surface area (Å²) in [7, 11) is 1.27. The Morgan fingerprint density at radius 3 is 1.03 bits per heavy atom. The highest BCUT2D eigenvalue weighted by molar-refractivity contribution is 5.95. The first-order valence-electron chi connectivity index (χ1n) is 23.0. The Morgan fingerprint density at radius 1 is 0.406 bits per heavy atom. The normalized spacial score (nSPS) is 17.4. The first-order valence-corrected chi connectivity index (χ1v) is 23.0. The lowest BCUT2D eigenvalue weighted by Crippen LogP contribution is -2.63. The zero-order valence-electron chi connectivity index (χ0n) is 40.5. The van der Waals surface area contributed by atoms with Crippen molar-refractivity contribution in [1.82, 2.24) is 0 Å². The van der Waals surface area contributed by atoms with Crippen LogP contribution in [-0.2, 0) is 28.4 Å². The molecule has 5 rings (SSSR count). The summed E-state index contributed by atoms with van der Waals surface area (Å²) in [6.45, 7) is 15.8. The van der Waals surface area contributed by atoms with Crippen LogP contribution >= 0.6 is 0 Å². The zero-order valence-corrected chi connectivity index (χ0v) is 40.5. The van der Waals surface area contributed by atoms with E-state index in [0.717, 1.165) is 0 Å². The molecule has 0 spiro atoms. The van der Waals surface area contributed by atoms with E-state index in [1.165, 1.54) is 49.6 Å². The van der Waals surface area contributed by atoms with Crippen LogP contribution in [0, 0.1) is 0 Å². The maximum atomic E-state index is 14.6. The lowest BCUT2D eigenvalue weighted by Gasteiger charge is -2.44. The molecule has 4 aromatic rings. The van der Waals surface area contributed by atoms with E-state index in [2.05, 4.69) is 0 Å². The molecule has 374 valence electrons. The van der Waals surface area contributed by atoms with E-state index in [9.17, 15) is 19.2 Å². The van der Waals surface area contributed by atoms with Crippen molar-refractivity contribution in [3.05, 3.63) is 95.1 Å². The number of hydrogen-bond acceptors (Lipinski definition) is 18. The third-order valence-corrected chi connectivity index (χ3v) is 10.1. The van der Waals surface area contributed by atoms with Gasteiger partial charge in [-0.15, -0.1) is 0 Å². The van der Waals surface area contributed by atoms with Crippen LogP contribution in [0.25, 0.3) is 0 Å². The molecule has 0 saturated carbocycles. The van der Waals surface area contributed by atoms with Crippen molar-refractivity contribution in [2.24, 2.45) is 0 Å². The smallest absolute Gasteiger partial charge is 0.342 e. The Balaban J connectivity index is 1.65. The minimum absolute atomic E-state index is 0.0221. The zero-order chi connectivity index (χ0) is 49.9. The number of carbonyl (C=O) groups excluding carboxylic acids is 4. The van der Waals surface area contributed by atoms with E-state index in [4.69, 9.17) is 66.3 Å². The van der Waals surface area contributed by atoms with Crippen LogP contribution in [0.3, 0.4) is 0 Å². The minimum Gasteiger partial charge on any atom is -0.494 e. The van der Waals surface area contributed by atoms with E-state index in [0.29, 0.717) is 49.4 Å². The summed E-state index contributed by atoms with van der Waals surface area (Å²) < 4.78 is 82.7. The Kier molecular flexibility index (Phi) is 20.4. The fourth-order valence-corrected chi connectivity index (χ4v) is 7.21.